The van der Waals surface area contributed by atoms with Gasteiger partial charge in [-0.15, -0.1) is 0 Å². The Morgan fingerprint density at radius 1 is 1.57 bits per heavy atom. The van der Waals surface area contributed by atoms with Crippen LogP contribution in [0.3, 0.4) is 0 Å². The van der Waals surface area contributed by atoms with Gasteiger partial charge in [0, 0.05) is 0 Å². The van der Waals surface area contributed by atoms with Crippen molar-refractivity contribution in [1.29, 1.82) is 0 Å². The van der Waals surface area contributed by atoms with Gasteiger partial charge < -0.3 is 14.9 Å². The van der Waals surface area contributed by atoms with Crippen molar-refractivity contribution in [1.82, 2.24) is 0 Å². The molecule has 0 aliphatic carbocycles. The van der Waals surface area contributed by atoms with Gasteiger partial charge in [0.15, 0.2) is 0 Å². The molecular weight excluding hydrogens is 184 g/mol. The summed E-state index contributed by atoms with van der Waals surface area (Å²) in [5.74, 6) is -0.585. The fourth-order valence-corrected chi connectivity index (χ4v) is 0.725. The molecule has 2 N–H and O–H groups in total. The van der Waals surface area contributed by atoms with Crippen molar-refractivity contribution < 1.29 is 19.7 Å². The molecular formula is C10H16O4. The zero-order valence-electron chi connectivity index (χ0n) is 8.49. The van der Waals surface area contributed by atoms with Gasteiger partial charge in [-0.05, 0) is 19.9 Å². The van der Waals surface area contributed by atoms with E-state index in [1.807, 2.05) is 13.8 Å². The SMILES string of the molecule is C=C(C=C(C)C)C(=O)OCC(O)CO. The quantitative estimate of drug-likeness (QED) is 0.383. The maximum Gasteiger partial charge on any atom is 0.337 e. The van der Waals surface area contributed by atoms with Crippen LogP contribution in [-0.2, 0) is 9.53 Å². The summed E-state index contributed by atoms with van der Waals surface area (Å²) in [5, 5.41) is 17.4. The van der Waals surface area contributed by atoms with E-state index in [1.54, 1.807) is 6.08 Å². The van der Waals surface area contributed by atoms with E-state index in [9.17, 15) is 4.79 Å². The predicted molar refractivity (Wildman–Crippen MR) is 52.6 cm³/mol. The Kier molecular flexibility index (Phi) is 5.83. The molecule has 0 bridgehead atoms. The molecule has 0 aliphatic heterocycles. The molecule has 0 radical (unpaired) electrons. The van der Waals surface area contributed by atoms with Gasteiger partial charge in [-0.25, -0.2) is 4.79 Å². The average molecular weight is 200 g/mol. The van der Waals surface area contributed by atoms with Crippen LogP contribution in [0.15, 0.2) is 23.8 Å². The number of rotatable bonds is 5. The van der Waals surface area contributed by atoms with E-state index in [-0.39, 0.29) is 12.2 Å². The van der Waals surface area contributed by atoms with Crippen molar-refractivity contribution in [3.63, 3.8) is 0 Å². The number of ether oxygens (including phenoxy) is 1. The van der Waals surface area contributed by atoms with Crippen LogP contribution in [0.5, 0.6) is 0 Å². The molecule has 4 heteroatoms. The first kappa shape index (κ1) is 12.9. The minimum absolute atomic E-state index is 0.217. The molecule has 14 heavy (non-hydrogen) atoms. The Balaban J connectivity index is 3.98. The summed E-state index contributed by atoms with van der Waals surface area (Å²) in [4.78, 5) is 11.1. The van der Waals surface area contributed by atoms with Gasteiger partial charge >= 0.3 is 5.97 Å². The molecule has 1 atom stereocenters. The second-order valence-corrected chi connectivity index (χ2v) is 3.18. The largest absolute Gasteiger partial charge is 0.459 e. The first-order chi connectivity index (χ1) is 6.47. The number of aliphatic hydroxyl groups excluding tert-OH is 2. The summed E-state index contributed by atoms with van der Waals surface area (Å²) >= 11 is 0. The van der Waals surface area contributed by atoms with Gasteiger partial charge in [-0.2, -0.15) is 0 Å². The van der Waals surface area contributed by atoms with Crippen LogP contribution in [0.25, 0.3) is 0 Å². The summed E-state index contributed by atoms with van der Waals surface area (Å²) in [5.41, 5.74) is 1.17. The summed E-state index contributed by atoms with van der Waals surface area (Å²) in [6, 6.07) is 0. The highest BCUT2D eigenvalue weighted by Gasteiger charge is 2.09. The van der Waals surface area contributed by atoms with Gasteiger partial charge in [-0.3, -0.25) is 0 Å². The van der Waals surface area contributed by atoms with Gasteiger partial charge in [0.25, 0.3) is 0 Å². The lowest BCUT2D eigenvalue weighted by Crippen LogP contribution is -2.22. The van der Waals surface area contributed by atoms with Gasteiger partial charge in [0.2, 0.25) is 0 Å². The van der Waals surface area contributed by atoms with Crippen molar-refractivity contribution >= 4 is 5.97 Å². The highest BCUT2D eigenvalue weighted by molar-refractivity contribution is 5.90. The van der Waals surface area contributed by atoms with Gasteiger partial charge in [-0.1, -0.05) is 12.2 Å². The number of carbonyl (C=O) groups is 1. The maximum absolute atomic E-state index is 11.1. The van der Waals surface area contributed by atoms with Crippen LogP contribution >= 0.6 is 0 Å². The second kappa shape index (κ2) is 6.34. The smallest absolute Gasteiger partial charge is 0.337 e. The molecule has 4 nitrogen and oxygen atoms in total. The fraction of sp³-hybridized carbons (Fsp3) is 0.500. The number of hydrogen-bond donors (Lipinski definition) is 2. The summed E-state index contributed by atoms with van der Waals surface area (Å²) in [6.45, 7) is 6.53. The molecule has 0 aromatic rings. The lowest BCUT2D eigenvalue weighted by molar-refractivity contribution is -0.142. The van der Waals surface area contributed by atoms with Crippen LogP contribution in [-0.4, -0.2) is 35.5 Å². The Bertz CT molecular complexity index is 239. The van der Waals surface area contributed by atoms with Crippen LogP contribution in [0.4, 0.5) is 0 Å². The second-order valence-electron chi connectivity index (χ2n) is 3.18. The molecule has 0 spiro atoms. The standard InChI is InChI=1S/C10H16O4/c1-7(2)4-8(3)10(13)14-6-9(12)5-11/h4,9,11-12H,3,5-6H2,1-2H3. The van der Waals surface area contributed by atoms with Gasteiger partial charge in [0.1, 0.15) is 12.7 Å². The number of aliphatic hydroxyl groups is 2. The first-order valence-electron chi connectivity index (χ1n) is 4.27. The highest BCUT2D eigenvalue weighted by Crippen LogP contribution is 2.02. The number of carbonyl (C=O) groups excluding carboxylic acids is 1. The van der Waals surface area contributed by atoms with Crippen molar-refractivity contribution in [2.75, 3.05) is 13.2 Å². The monoisotopic (exact) mass is 200 g/mol. The lowest BCUT2D eigenvalue weighted by atomic mass is 10.2. The van der Waals surface area contributed by atoms with Crippen LogP contribution in [0.2, 0.25) is 0 Å². The molecule has 0 heterocycles. The molecule has 0 saturated heterocycles. The minimum atomic E-state index is -1.03. The molecule has 1 unspecified atom stereocenters. The topological polar surface area (TPSA) is 66.8 Å². The Labute approximate surface area is 83.5 Å². The third-order valence-corrected chi connectivity index (χ3v) is 1.34. The molecule has 0 aromatic carbocycles. The van der Waals surface area contributed by atoms with E-state index >= 15 is 0 Å². The van der Waals surface area contributed by atoms with E-state index in [0.29, 0.717) is 0 Å². The first-order valence-corrected chi connectivity index (χ1v) is 4.27. The Morgan fingerprint density at radius 2 is 2.14 bits per heavy atom. The van der Waals surface area contributed by atoms with Gasteiger partial charge in [0.05, 0.1) is 12.2 Å². The van der Waals surface area contributed by atoms with E-state index in [4.69, 9.17) is 10.2 Å². The average Bonchev–Trinajstić information content (AvgIpc) is 2.12. The summed E-state index contributed by atoms with van der Waals surface area (Å²) < 4.78 is 4.66. The van der Waals surface area contributed by atoms with E-state index in [0.717, 1.165) is 5.57 Å². The third-order valence-electron chi connectivity index (χ3n) is 1.34. The van der Waals surface area contributed by atoms with Crippen LogP contribution < -0.4 is 0 Å². The predicted octanol–water partition coefficient (Wildman–Crippen LogP) is 0.405. The third kappa shape index (κ3) is 5.50. The lowest BCUT2D eigenvalue weighted by Gasteiger charge is -2.08. The molecule has 0 rings (SSSR count). The molecule has 0 aromatic heterocycles. The number of hydrogen-bond acceptors (Lipinski definition) is 4. The van der Waals surface area contributed by atoms with E-state index in [1.165, 1.54) is 0 Å². The summed E-state index contributed by atoms with van der Waals surface area (Å²) in [7, 11) is 0. The van der Waals surface area contributed by atoms with Crippen LogP contribution in [0, 0.1) is 0 Å². The van der Waals surface area contributed by atoms with E-state index < -0.39 is 18.7 Å². The Hall–Kier alpha value is -1.13. The minimum Gasteiger partial charge on any atom is -0.459 e. The number of esters is 1. The van der Waals surface area contributed by atoms with Crippen molar-refractivity contribution in [2.45, 2.75) is 20.0 Å². The Morgan fingerprint density at radius 3 is 2.57 bits per heavy atom. The van der Waals surface area contributed by atoms with Crippen molar-refractivity contribution in [3.05, 3.63) is 23.8 Å². The van der Waals surface area contributed by atoms with Crippen molar-refractivity contribution in [3.8, 4) is 0 Å². The maximum atomic E-state index is 11.1. The molecule has 0 aliphatic rings. The molecule has 0 saturated carbocycles. The highest BCUT2D eigenvalue weighted by atomic mass is 16.5. The van der Waals surface area contributed by atoms with Crippen molar-refractivity contribution in [2.24, 2.45) is 0 Å². The molecule has 0 fully saturated rings. The van der Waals surface area contributed by atoms with Crippen LogP contribution in [0.1, 0.15) is 13.8 Å². The fourth-order valence-electron chi connectivity index (χ4n) is 0.725. The molecule has 0 amide bonds. The van der Waals surface area contributed by atoms with E-state index in [2.05, 4.69) is 11.3 Å². The summed E-state index contributed by atoms with van der Waals surface area (Å²) in [6.07, 6.45) is 0.562. The zero-order chi connectivity index (χ0) is 11.1. The zero-order valence-corrected chi connectivity index (χ0v) is 8.49. The molecule has 80 valence electrons. The number of allylic oxidation sites excluding steroid dienone is 1. The normalized spacial score (nSPS) is 11.7.